The molecule has 1 atom stereocenters. The van der Waals surface area contributed by atoms with Crippen molar-refractivity contribution in [2.24, 2.45) is 0 Å². The van der Waals surface area contributed by atoms with E-state index in [1.165, 1.54) is 12.3 Å². The van der Waals surface area contributed by atoms with Gasteiger partial charge in [-0.05, 0) is 24.3 Å². The zero-order chi connectivity index (χ0) is 13.0. The summed E-state index contributed by atoms with van der Waals surface area (Å²) < 4.78 is 18.5. The van der Waals surface area contributed by atoms with Gasteiger partial charge in [-0.3, -0.25) is 0 Å². The number of furan rings is 1. The van der Waals surface area contributed by atoms with Crippen LogP contribution >= 0.6 is 11.6 Å². The molecule has 0 spiro atoms. The van der Waals surface area contributed by atoms with Gasteiger partial charge in [-0.25, -0.2) is 4.39 Å². The van der Waals surface area contributed by atoms with Gasteiger partial charge in [0.05, 0.1) is 6.26 Å². The van der Waals surface area contributed by atoms with E-state index in [0.29, 0.717) is 16.3 Å². The quantitative estimate of drug-likeness (QED) is 0.877. The molecular weight excluding hydrogens is 257 g/mol. The molecular formula is C13H13ClFNO2. The standard InChI is InChI=1S/C13H13ClFNO2/c14-10-3-1-4-11(15)9(10)7-16-8-12(17)13-5-2-6-18-13/h1-6,12,16-17H,7-8H2. The summed E-state index contributed by atoms with van der Waals surface area (Å²) in [6.07, 6.45) is 0.734. The molecule has 96 valence electrons. The monoisotopic (exact) mass is 269 g/mol. The lowest BCUT2D eigenvalue weighted by atomic mass is 10.2. The molecule has 2 aromatic rings. The molecule has 5 heteroatoms. The van der Waals surface area contributed by atoms with Gasteiger partial charge in [-0.1, -0.05) is 17.7 Å². The lowest BCUT2D eigenvalue weighted by molar-refractivity contribution is 0.147. The van der Waals surface area contributed by atoms with Crippen LogP contribution in [0.15, 0.2) is 41.0 Å². The van der Waals surface area contributed by atoms with Crippen LogP contribution in [0.3, 0.4) is 0 Å². The number of halogens is 2. The minimum atomic E-state index is -0.759. The van der Waals surface area contributed by atoms with Crippen molar-refractivity contribution in [1.29, 1.82) is 0 Å². The Hall–Kier alpha value is -1.36. The Morgan fingerprint density at radius 2 is 2.17 bits per heavy atom. The van der Waals surface area contributed by atoms with Crippen molar-refractivity contribution in [1.82, 2.24) is 5.32 Å². The van der Waals surface area contributed by atoms with Crippen LogP contribution in [-0.4, -0.2) is 11.7 Å². The summed E-state index contributed by atoms with van der Waals surface area (Å²) in [4.78, 5) is 0. The van der Waals surface area contributed by atoms with Gasteiger partial charge in [-0.2, -0.15) is 0 Å². The van der Waals surface area contributed by atoms with Crippen molar-refractivity contribution in [2.45, 2.75) is 12.6 Å². The molecule has 1 heterocycles. The van der Waals surface area contributed by atoms with Crippen LogP contribution in [0.1, 0.15) is 17.4 Å². The van der Waals surface area contributed by atoms with Crippen LogP contribution in [0.5, 0.6) is 0 Å². The first-order chi connectivity index (χ1) is 8.68. The summed E-state index contributed by atoms with van der Waals surface area (Å²) in [5, 5.41) is 13.1. The first-order valence-corrected chi connectivity index (χ1v) is 5.91. The first kappa shape index (κ1) is 13.1. The minimum Gasteiger partial charge on any atom is -0.467 e. The van der Waals surface area contributed by atoms with Crippen molar-refractivity contribution >= 4 is 11.6 Å². The van der Waals surface area contributed by atoms with E-state index in [0.717, 1.165) is 0 Å². The summed E-state index contributed by atoms with van der Waals surface area (Å²) in [5.41, 5.74) is 0.394. The van der Waals surface area contributed by atoms with Crippen molar-refractivity contribution < 1.29 is 13.9 Å². The van der Waals surface area contributed by atoms with Crippen LogP contribution in [-0.2, 0) is 6.54 Å². The van der Waals surface area contributed by atoms with Gasteiger partial charge in [0.15, 0.2) is 0 Å². The molecule has 0 saturated carbocycles. The molecule has 0 aliphatic carbocycles. The molecule has 18 heavy (non-hydrogen) atoms. The highest BCUT2D eigenvalue weighted by atomic mass is 35.5. The summed E-state index contributed by atoms with van der Waals surface area (Å²) in [5.74, 6) is 0.115. The number of benzene rings is 1. The summed E-state index contributed by atoms with van der Waals surface area (Å²) >= 11 is 5.88. The Kier molecular flexibility index (Phi) is 4.36. The summed E-state index contributed by atoms with van der Waals surface area (Å²) in [6, 6.07) is 7.92. The number of hydrogen-bond donors (Lipinski definition) is 2. The Bertz CT molecular complexity index is 481. The predicted octanol–water partition coefficient (Wildman–Crippen LogP) is 2.90. The predicted molar refractivity (Wildman–Crippen MR) is 66.8 cm³/mol. The Morgan fingerprint density at radius 3 is 2.83 bits per heavy atom. The molecule has 0 bridgehead atoms. The number of hydrogen-bond acceptors (Lipinski definition) is 3. The second-order valence-corrected chi connectivity index (χ2v) is 4.27. The fourth-order valence-corrected chi connectivity index (χ4v) is 1.85. The number of rotatable bonds is 5. The minimum absolute atomic E-state index is 0.253. The van der Waals surface area contributed by atoms with Crippen molar-refractivity contribution in [2.75, 3.05) is 6.54 Å². The van der Waals surface area contributed by atoms with E-state index in [1.54, 1.807) is 24.3 Å². The van der Waals surface area contributed by atoms with Crippen molar-refractivity contribution in [3.05, 3.63) is 58.8 Å². The van der Waals surface area contributed by atoms with Gasteiger partial charge in [0.25, 0.3) is 0 Å². The normalized spacial score (nSPS) is 12.6. The topological polar surface area (TPSA) is 45.4 Å². The van der Waals surface area contributed by atoms with Crippen molar-refractivity contribution in [3.8, 4) is 0 Å². The molecule has 0 radical (unpaired) electrons. The van der Waals surface area contributed by atoms with E-state index >= 15 is 0 Å². The second-order valence-electron chi connectivity index (χ2n) is 3.86. The highest BCUT2D eigenvalue weighted by molar-refractivity contribution is 6.31. The SMILES string of the molecule is OC(CNCc1c(F)cccc1Cl)c1ccco1. The number of aliphatic hydroxyl groups excluding tert-OH is 1. The maximum Gasteiger partial charge on any atom is 0.133 e. The molecule has 2 N–H and O–H groups in total. The average Bonchev–Trinajstić information content (AvgIpc) is 2.86. The zero-order valence-electron chi connectivity index (χ0n) is 9.57. The Balaban J connectivity index is 1.89. The van der Waals surface area contributed by atoms with Gasteiger partial charge in [-0.15, -0.1) is 0 Å². The second kappa shape index (κ2) is 6.00. The zero-order valence-corrected chi connectivity index (χ0v) is 10.3. The summed E-state index contributed by atoms with van der Waals surface area (Å²) in [7, 11) is 0. The fourth-order valence-electron chi connectivity index (χ4n) is 1.62. The van der Waals surface area contributed by atoms with Gasteiger partial charge >= 0.3 is 0 Å². The van der Waals surface area contributed by atoms with Gasteiger partial charge in [0.1, 0.15) is 17.7 Å². The third-order valence-corrected chi connectivity index (χ3v) is 2.93. The van der Waals surface area contributed by atoms with Crippen LogP contribution in [0.2, 0.25) is 5.02 Å². The molecule has 0 aliphatic heterocycles. The lowest BCUT2D eigenvalue weighted by Gasteiger charge is -2.11. The van der Waals surface area contributed by atoms with Gasteiger partial charge < -0.3 is 14.8 Å². The highest BCUT2D eigenvalue weighted by Crippen LogP contribution is 2.19. The molecule has 1 aromatic carbocycles. The van der Waals surface area contributed by atoms with E-state index in [4.69, 9.17) is 16.0 Å². The number of nitrogens with one attached hydrogen (secondary N) is 1. The molecule has 2 rings (SSSR count). The third-order valence-electron chi connectivity index (χ3n) is 2.57. The average molecular weight is 270 g/mol. The largest absolute Gasteiger partial charge is 0.467 e. The fraction of sp³-hybridized carbons (Fsp3) is 0.231. The molecule has 1 aromatic heterocycles. The highest BCUT2D eigenvalue weighted by Gasteiger charge is 2.11. The van der Waals surface area contributed by atoms with Gasteiger partial charge in [0, 0.05) is 23.7 Å². The van der Waals surface area contributed by atoms with E-state index in [2.05, 4.69) is 5.32 Å². The van der Waals surface area contributed by atoms with Crippen LogP contribution in [0.4, 0.5) is 4.39 Å². The van der Waals surface area contributed by atoms with E-state index in [9.17, 15) is 9.50 Å². The maximum absolute atomic E-state index is 13.4. The Labute approximate surface area is 109 Å². The summed E-state index contributed by atoms with van der Waals surface area (Å²) in [6.45, 7) is 0.515. The Morgan fingerprint density at radius 1 is 1.33 bits per heavy atom. The van der Waals surface area contributed by atoms with E-state index < -0.39 is 6.10 Å². The molecule has 1 unspecified atom stereocenters. The van der Waals surface area contributed by atoms with Crippen LogP contribution in [0.25, 0.3) is 0 Å². The molecule has 0 fully saturated rings. The molecule has 0 aliphatic rings. The van der Waals surface area contributed by atoms with Gasteiger partial charge in [0.2, 0.25) is 0 Å². The number of aliphatic hydroxyl groups is 1. The maximum atomic E-state index is 13.4. The smallest absolute Gasteiger partial charge is 0.133 e. The molecule has 3 nitrogen and oxygen atoms in total. The third kappa shape index (κ3) is 3.10. The molecule has 0 amide bonds. The van der Waals surface area contributed by atoms with E-state index in [1.807, 2.05) is 0 Å². The van der Waals surface area contributed by atoms with Crippen LogP contribution < -0.4 is 5.32 Å². The van der Waals surface area contributed by atoms with E-state index in [-0.39, 0.29) is 18.9 Å². The van der Waals surface area contributed by atoms with Crippen LogP contribution in [0, 0.1) is 5.82 Å². The lowest BCUT2D eigenvalue weighted by Crippen LogP contribution is -2.21. The first-order valence-electron chi connectivity index (χ1n) is 5.53. The molecule has 0 saturated heterocycles. The van der Waals surface area contributed by atoms with Crippen molar-refractivity contribution in [3.63, 3.8) is 0 Å².